The number of hydrogen-bond acceptors (Lipinski definition) is 3. The standard InChI is InChI=1S/C16H10ClNO3/c17-13-9-11(16(19)20)5-6-14(13)21-15-12-4-2-1-3-10(12)7-8-18-15/h1-9H,(H,19,20). The molecule has 3 aromatic rings. The van der Waals surface area contributed by atoms with Gasteiger partial charge in [-0.2, -0.15) is 0 Å². The number of rotatable bonds is 3. The van der Waals surface area contributed by atoms with Gasteiger partial charge < -0.3 is 9.84 Å². The molecule has 3 rings (SSSR count). The summed E-state index contributed by atoms with van der Waals surface area (Å²) in [6.45, 7) is 0. The topological polar surface area (TPSA) is 59.4 Å². The van der Waals surface area contributed by atoms with Crippen molar-refractivity contribution in [2.24, 2.45) is 0 Å². The molecule has 4 nitrogen and oxygen atoms in total. The lowest BCUT2D eigenvalue weighted by Crippen LogP contribution is -1.97. The fourth-order valence-electron chi connectivity index (χ4n) is 1.99. The highest BCUT2D eigenvalue weighted by Crippen LogP contribution is 2.32. The van der Waals surface area contributed by atoms with E-state index in [1.165, 1.54) is 18.2 Å². The third-order valence-electron chi connectivity index (χ3n) is 3.02. The van der Waals surface area contributed by atoms with E-state index in [2.05, 4.69) is 4.98 Å². The second kappa shape index (κ2) is 5.42. The summed E-state index contributed by atoms with van der Waals surface area (Å²) in [6, 6.07) is 13.9. The maximum absolute atomic E-state index is 10.9. The third kappa shape index (κ3) is 2.66. The number of halogens is 1. The summed E-state index contributed by atoms with van der Waals surface area (Å²) in [6.07, 6.45) is 1.65. The smallest absolute Gasteiger partial charge is 0.335 e. The number of carboxylic acid groups (broad SMARTS) is 1. The highest BCUT2D eigenvalue weighted by molar-refractivity contribution is 6.32. The van der Waals surface area contributed by atoms with Crippen molar-refractivity contribution in [2.45, 2.75) is 0 Å². The lowest BCUT2D eigenvalue weighted by atomic mass is 10.2. The average Bonchev–Trinajstić information content (AvgIpc) is 2.49. The van der Waals surface area contributed by atoms with E-state index in [0.29, 0.717) is 11.6 Å². The molecule has 0 spiro atoms. The van der Waals surface area contributed by atoms with Gasteiger partial charge in [0.1, 0.15) is 5.75 Å². The minimum absolute atomic E-state index is 0.109. The van der Waals surface area contributed by atoms with E-state index >= 15 is 0 Å². The predicted molar refractivity (Wildman–Crippen MR) is 80.2 cm³/mol. The average molecular weight is 300 g/mol. The van der Waals surface area contributed by atoms with Crippen LogP contribution in [0.2, 0.25) is 5.02 Å². The molecule has 0 aliphatic carbocycles. The lowest BCUT2D eigenvalue weighted by molar-refractivity contribution is 0.0697. The number of nitrogens with zero attached hydrogens (tertiary/aromatic N) is 1. The Morgan fingerprint density at radius 3 is 2.71 bits per heavy atom. The molecule has 104 valence electrons. The Kier molecular flexibility index (Phi) is 3.46. The van der Waals surface area contributed by atoms with Crippen LogP contribution in [0, 0.1) is 0 Å². The Hall–Kier alpha value is -2.59. The van der Waals surface area contributed by atoms with Crippen molar-refractivity contribution in [3.05, 3.63) is 65.3 Å². The van der Waals surface area contributed by atoms with Gasteiger partial charge in [-0.3, -0.25) is 0 Å². The molecule has 1 heterocycles. The number of benzene rings is 2. The molecular weight excluding hydrogens is 290 g/mol. The molecule has 0 fully saturated rings. The molecule has 0 radical (unpaired) electrons. The Morgan fingerprint density at radius 2 is 1.95 bits per heavy atom. The van der Waals surface area contributed by atoms with Crippen LogP contribution in [0.25, 0.3) is 10.8 Å². The summed E-state index contributed by atoms with van der Waals surface area (Å²) in [5, 5.41) is 11.0. The molecule has 0 amide bonds. The van der Waals surface area contributed by atoms with E-state index in [0.717, 1.165) is 10.8 Å². The molecule has 0 atom stereocenters. The van der Waals surface area contributed by atoms with E-state index in [1.807, 2.05) is 30.3 Å². The first-order valence-electron chi connectivity index (χ1n) is 6.19. The van der Waals surface area contributed by atoms with E-state index in [1.54, 1.807) is 6.20 Å². The first-order valence-corrected chi connectivity index (χ1v) is 6.57. The van der Waals surface area contributed by atoms with Gasteiger partial charge in [-0.1, -0.05) is 29.8 Å². The fourth-order valence-corrected chi connectivity index (χ4v) is 2.21. The molecule has 0 aliphatic rings. The van der Waals surface area contributed by atoms with Crippen LogP contribution in [0.5, 0.6) is 11.6 Å². The van der Waals surface area contributed by atoms with Gasteiger partial charge in [-0.25, -0.2) is 9.78 Å². The summed E-state index contributed by atoms with van der Waals surface area (Å²) in [4.78, 5) is 15.1. The van der Waals surface area contributed by atoms with Crippen LogP contribution in [-0.2, 0) is 0 Å². The van der Waals surface area contributed by atoms with Gasteiger partial charge in [0.05, 0.1) is 10.6 Å². The predicted octanol–water partition coefficient (Wildman–Crippen LogP) is 4.38. The third-order valence-corrected chi connectivity index (χ3v) is 3.32. The van der Waals surface area contributed by atoms with Gasteiger partial charge in [-0.05, 0) is 35.7 Å². The normalized spacial score (nSPS) is 10.5. The monoisotopic (exact) mass is 299 g/mol. The number of hydrogen-bond donors (Lipinski definition) is 1. The highest BCUT2D eigenvalue weighted by atomic mass is 35.5. The zero-order chi connectivity index (χ0) is 14.8. The molecule has 0 saturated carbocycles. The first kappa shape index (κ1) is 13.4. The highest BCUT2D eigenvalue weighted by Gasteiger charge is 2.10. The van der Waals surface area contributed by atoms with E-state index in [-0.39, 0.29) is 10.6 Å². The maximum atomic E-state index is 10.9. The maximum Gasteiger partial charge on any atom is 0.335 e. The van der Waals surface area contributed by atoms with E-state index < -0.39 is 5.97 Å². The Bertz CT molecular complexity index is 827. The number of carbonyl (C=O) groups is 1. The van der Waals surface area contributed by atoms with Gasteiger partial charge in [-0.15, -0.1) is 0 Å². The van der Waals surface area contributed by atoms with Gasteiger partial charge in [0.25, 0.3) is 0 Å². The van der Waals surface area contributed by atoms with Gasteiger partial charge in [0.15, 0.2) is 0 Å². The van der Waals surface area contributed by atoms with E-state index in [4.69, 9.17) is 21.4 Å². The Balaban J connectivity index is 2.01. The number of aromatic carboxylic acids is 1. The molecular formula is C16H10ClNO3. The van der Waals surface area contributed by atoms with Crippen LogP contribution in [0.3, 0.4) is 0 Å². The molecule has 1 aromatic heterocycles. The molecule has 21 heavy (non-hydrogen) atoms. The second-order valence-corrected chi connectivity index (χ2v) is 4.80. The minimum Gasteiger partial charge on any atom is -0.478 e. The molecule has 1 N–H and O–H groups in total. The quantitative estimate of drug-likeness (QED) is 0.779. The molecule has 0 aliphatic heterocycles. The summed E-state index contributed by atoms with van der Waals surface area (Å²) in [5.74, 6) is -0.240. The first-order chi connectivity index (χ1) is 10.1. The molecule has 0 bridgehead atoms. The van der Waals surface area contributed by atoms with Gasteiger partial charge in [0.2, 0.25) is 5.88 Å². The Labute approximate surface area is 125 Å². The van der Waals surface area contributed by atoms with Crippen molar-refractivity contribution < 1.29 is 14.6 Å². The van der Waals surface area contributed by atoms with Crippen molar-refractivity contribution in [1.82, 2.24) is 4.98 Å². The molecule has 5 heteroatoms. The summed E-state index contributed by atoms with van der Waals surface area (Å²) in [7, 11) is 0. The van der Waals surface area contributed by atoms with Gasteiger partial charge >= 0.3 is 5.97 Å². The molecule has 0 saturated heterocycles. The van der Waals surface area contributed by atoms with Crippen molar-refractivity contribution in [3.8, 4) is 11.6 Å². The second-order valence-electron chi connectivity index (χ2n) is 4.39. The van der Waals surface area contributed by atoms with Gasteiger partial charge in [0, 0.05) is 11.6 Å². The van der Waals surface area contributed by atoms with Crippen LogP contribution in [-0.4, -0.2) is 16.1 Å². The lowest BCUT2D eigenvalue weighted by Gasteiger charge is -2.09. The fraction of sp³-hybridized carbons (Fsp3) is 0. The summed E-state index contributed by atoms with van der Waals surface area (Å²) in [5.41, 5.74) is 0.109. The van der Waals surface area contributed by atoms with Crippen molar-refractivity contribution in [1.29, 1.82) is 0 Å². The zero-order valence-electron chi connectivity index (χ0n) is 10.8. The number of aromatic nitrogens is 1. The van der Waals surface area contributed by atoms with Crippen LogP contribution in [0.1, 0.15) is 10.4 Å². The number of fused-ring (bicyclic) bond motifs is 1. The Morgan fingerprint density at radius 1 is 1.14 bits per heavy atom. The summed E-state index contributed by atoms with van der Waals surface area (Å²) < 4.78 is 5.72. The zero-order valence-corrected chi connectivity index (χ0v) is 11.5. The number of pyridine rings is 1. The molecule has 0 unspecified atom stereocenters. The van der Waals surface area contributed by atoms with Crippen LogP contribution < -0.4 is 4.74 Å². The van der Waals surface area contributed by atoms with Crippen LogP contribution in [0.15, 0.2) is 54.7 Å². The minimum atomic E-state index is -1.04. The van der Waals surface area contributed by atoms with Crippen molar-refractivity contribution >= 4 is 28.3 Å². The van der Waals surface area contributed by atoms with Crippen LogP contribution in [0.4, 0.5) is 0 Å². The van der Waals surface area contributed by atoms with Crippen LogP contribution >= 0.6 is 11.6 Å². The van der Waals surface area contributed by atoms with Crippen molar-refractivity contribution in [2.75, 3.05) is 0 Å². The largest absolute Gasteiger partial charge is 0.478 e. The number of carboxylic acids is 1. The van der Waals surface area contributed by atoms with Crippen molar-refractivity contribution in [3.63, 3.8) is 0 Å². The number of ether oxygens (including phenoxy) is 1. The SMILES string of the molecule is O=C(O)c1ccc(Oc2nccc3ccccc23)c(Cl)c1. The summed E-state index contributed by atoms with van der Waals surface area (Å²) >= 11 is 6.06. The van der Waals surface area contributed by atoms with E-state index in [9.17, 15) is 4.79 Å². The molecule has 2 aromatic carbocycles.